The van der Waals surface area contributed by atoms with Crippen LogP contribution in [-0.2, 0) is 9.53 Å². The minimum absolute atomic E-state index is 0.0531. The van der Waals surface area contributed by atoms with Crippen molar-refractivity contribution in [3.8, 4) is 0 Å². The van der Waals surface area contributed by atoms with Crippen LogP contribution in [0.25, 0.3) is 0 Å². The Hall–Kier alpha value is -1.30. The van der Waals surface area contributed by atoms with Crippen molar-refractivity contribution >= 4 is 12.0 Å². The first kappa shape index (κ1) is 15.7. The van der Waals surface area contributed by atoms with Crippen LogP contribution in [0.2, 0.25) is 0 Å². The van der Waals surface area contributed by atoms with Crippen molar-refractivity contribution in [1.82, 2.24) is 10.6 Å². The van der Waals surface area contributed by atoms with E-state index >= 15 is 0 Å². The van der Waals surface area contributed by atoms with Crippen LogP contribution in [0, 0.1) is 11.8 Å². The largest absolute Gasteiger partial charge is 0.480 e. The van der Waals surface area contributed by atoms with Crippen molar-refractivity contribution in [1.29, 1.82) is 0 Å². The van der Waals surface area contributed by atoms with Crippen molar-refractivity contribution in [2.24, 2.45) is 11.8 Å². The number of amides is 2. The van der Waals surface area contributed by atoms with E-state index in [1.807, 2.05) is 6.92 Å². The van der Waals surface area contributed by atoms with Gasteiger partial charge in [0.2, 0.25) is 0 Å². The summed E-state index contributed by atoms with van der Waals surface area (Å²) in [6.45, 7) is 6.62. The van der Waals surface area contributed by atoms with Crippen LogP contribution in [0.15, 0.2) is 0 Å². The Morgan fingerprint density at radius 3 is 2.29 bits per heavy atom. The van der Waals surface area contributed by atoms with Gasteiger partial charge < -0.3 is 20.5 Å². The molecule has 0 saturated heterocycles. The number of aliphatic carboxylic acids is 1. The van der Waals surface area contributed by atoms with Gasteiger partial charge in [0, 0.05) is 13.7 Å². The molecular formula is C11H22N2O4. The van der Waals surface area contributed by atoms with Crippen LogP contribution in [0.3, 0.4) is 0 Å². The molecule has 0 spiro atoms. The molecule has 2 atom stereocenters. The van der Waals surface area contributed by atoms with Gasteiger partial charge in [0.05, 0.1) is 6.61 Å². The molecule has 0 fully saturated rings. The Bertz CT molecular complexity index is 256. The second kappa shape index (κ2) is 7.89. The van der Waals surface area contributed by atoms with Crippen LogP contribution in [0.1, 0.15) is 20.8 Å². The molecule has 0 saturated carbocycles. The van der Waals surface area contributed by atoms with Crippen LogP contribution >= 0.6 is 0 Å². The molecule has 0 heterocycles. The summed E-state index contributed by atoms with van der Waals surface area (Å²) in [6.07, 6.45) is 0. The summed E-state index contributed by atoms with van der Waals surface area (Å²) >= 11 is 0. The molecule has 0 radical (unpaired) electrons. The average Bonchev–Trinajstić information content (AvgIpc) is 2.24. The predicted octanol–water partition coefficient (Wildman–Crippen LogP) is 0.677. The fourth-order valence-electron chi connectivity index (χ4n) is 1.04. The highest BCUT2D eigenvalue weighted by atomic mass is 16.5. The Kier molecular flexibility index (Phi) is 7.29. The minimum atomic E-state index is -1.11. The van der Waals surface area contributed by atoms with E-state index in [0.717, 1.165) is 0 Å². The van der Waals surface area contributed by atoms with Crippen molar-refractivity contribution in [3.63, 3.8) is 0 Å². The Labute approximate surface area is 102 Å². The van der Waals surface area contributed by atoms with Crippen LogP contribution in [0.5, 0.6) is 0 Å². The lowest BCUT2D eigenvalue weighted by Crippen LogP contribution is -2.49. The van der Waals surface area contributed by atoms with Gasteiger partial charge in [0.1, 0.15) is 0 Å². The van der Waals surface area contributed by atoms with E-state index in [9.17, 15) is 9.59 Å². The van der Waals surface area contributed by atoms with E-state index in [1.165, 1.54) is 7.11 Å². The van der Waals surface area contributed by atoms with E-state index in [-0.39, 0.29) is 6.61 Å². The summed E-state index contributed by atoms with van der Waals surface area (Å²) in [5.74, 6) is -0.310. The minimum Gasteiger partial charge on any atom is -0.480 e. The predicted molar refractivity (Wildman–Crippen MR) is 63.8 cm³/mol. The number of urea groups is 1. The lowest BCUT2D eigenvalue weighted by Gasteiger charge is -2.18. The molecule has 0 aliphatic heterocycles. The summed E-state index contributed by atoms with van der Waals surface area (Å²) in [7, 11) is 1.39. The van der Waals surface area contributed by atoms with Crippen molar-refractivity contribution in [2.45, 2.75) is 26.8 Å². The first-order chi connectivity index (χ1) is 7.88. The molecule has 0 aromatic carbocycles. The number of ether oxygens (including phenoxy) is 1. The number of carbonyl (C=O) groups excluding carboxylic acids is 1. The second-order valence-electron chi connectivity index (χ2n) is 4.42. The molecule has 2 amide bonds. The normalized spacial score (nSPS) is 14.2. The fraction of sp³-hybridized carbons (Fsp3) is 0.818. The Morgan fingerprint density at radius 2 is 1.88 bits per heavy atom. The molecular weight excluding hydrogens is 224 g/mol. The summed E-state index contributed by atoms with van der Waals surface area (Å²) in [5, 5.41) is 13.8. The third kappa shape index (κ3) is 6.78. The topological polar surface area (TPSA) is 87.7 Å². The van der Waals surface area contributed by atoms with E-state index < -0.39 is 18.0 Å². The number of carbonyl (C=O) groups is 2. The summed E-state index contributed by atoms with van der Waals surface area (Å²) in [4.78, 5) is 22.2. The first-order valence-electron chi connectivity index (χ1n) is 5.64. The maximum absolute atomic E-state index is 11.4. The monoisotopic (exact) mass is 246 g/mol. The second-order valence-corrected chi connectivity index (χ2v) is 4.42. The number of hydrogen-bond donors (Lipinski definition) is 3. The van der Waals surface area contributed by atoms with Crippen LogP contribution in [0.4, 0.5) is 4.79 Å². The van der Waals surface area contributed by atoms with Crippen molar-refractivity contribution < 1.29 is 19.4 Å². The average molecular weight is 246 g/mol. The molecule has 6 heteroatoms. The maximum atomic E-state index is 11.4. The standard InChI is InChI=1S/C11H22N2O4/c1-7(2)8(3)5-12-11(16)13-9(6-17-4)10(14)15/h7-9H,5-6H2,1-4H3,(H,14,15)(H2,12,13,16). The maximum Gasteiger partial charge on any atom is 0.328 e. The summed E-state index contributed by atoms with van der Waals surface area (Å²) in [5.41, 5.74) is 0. The molecule has 17 heavy (non-hydrogen) atoms. The number of carboxylic acids is 1. The van der Waals surface area contributed by atoms with Gasteiger partial charge in [-0.15, -0.1) is 0 Å². The van der Waals surface area contributed by atoms with Gasteiger partial charge in [0.25, 0.3) is 0 Å². The number of rotatable bonds is 7. The number of methoxy groups -OCH3 is 1. The lowest BCUT2D eigenvalue weighted by molar-refractivity contribution is -0.140. The molecule has 0 rings (SSSR count). The third-order valence-electron chi connectivity index (χ3n) is 2.66. The highest BCUT2D eigenvalue weighted by Gasteiger charge is 2.19. The highest BCUT2D eigenvalue weighted by Crippen LogP contribution is 2.07. The third-order valence-corrected chi connectivity index (χ3v) is 2.66. The van der Waals surface area contributed by atoms with Gasteiger partial charge in [-0.05, 0) is 11.8 Å². The smallest absolute Gasteiger partial charge is 0.328 e. The van der Waals surface area contributed by atoms with E-state index in [0.29, 0.717) is 18.4 Å². The fourth-order valence-corrected chi connectivity index (χ4v) is 1.04. The van der Waals surface area contributed by atoms with Gasteiger partial charge in [-0.1, -0.05) is 20.8 Å². The van der Waals surface area contributed by atoms with Crippen molar-refractivity contribution in [3.05, 3.63) is 0 Å². The van der Waals surface area contributed by atoms with Gasteiger partial charge >= 0.3 is 12.0 Å². The zero-order valence-electron chi connectivity index (χ0n) is 10.8. The highest BCUT2D eigenvalue weighted by molar-refractivity contribution is 5.82. The van der Waals surface area contributed by atoms with E-state index in [1.54, 1.807) is 0 Å². The first-order valence-corrected chi connectivity index (χ1v) is 5.64. The number of nitrogens with one attached hydrogen (secondary N) is 2. The lowest BCUT2D eigenvalue weighted by atomic mass is 9.98. The molecule has 2 unspecified atom stereocenters. The SMILES string of the molecule is COCC(NC(=O)NCC(C)C(C)C)C(=O)O. The van der Waals surface area contributed by atoms with Gasteiger partial charge in [-0.2, -0.15) is 0 Å². The van der Waals surface area contributed by atoms with Gasteiger partial charge in [-0.25, -0.2) is 9.59 Å². The van der Waals surface area contributed by atoms with E-state index in [4.69, 9.17) is 9.84 Å². The molecule has 0 aromatic rings. The molecule has 0 bridgehead atoms. The van der Waals surface area contributed by atoms with Crippen LogP contribution < -0.4 is 10.6 Å². The Balaban J connectivity index is 4.02. The molecule has 6 nitrogen and oxygen atoms in total. The van der Waals surface area contributed by atoms with Crippen LogP contribution in [-0.4, -0.2) is 43.4 Å². The molecule has 0 aliphatic carbocycles. The van der Waals surface area contributed by atoms with Crippen molar-refractivity contribution in [2.75, 3.05) is 20.3 Å². The number of hydrogen-bond acceptors (Lipinski definition) is 3. The molecule has 0 aromatic heterocycles. The zero-order chi connectivity index (χ0) is 13.4. The molecule has 3 N–H and O–H groups in total. The summed E-state index contributed by atoms with van der Waals surface area (Å²) in [6, 6.07) is -1.50. The number of carboxylic acid groups (broad SMARTS) is 1. The zero-order valence-corrected chi connectivity index (χ0v) is 10.8. The molecule has 0 aliphatic rings. The van der Waals surface area contributed by atoms with Gasteiger partial charge in [0.15, 0.2) is 6.04 Å². The van der Waals surface area contributed by atoms with E-state index in [2.05, 4.69) is 24.5 Å². The summed E-state index contributed by atoms with van der Waals surface area (Å²) < 4.78 is 4.71. The molecule has 100 valence electrons. The Morgan fingerprint density at radius 1 is 1.29 bits per heavy atom. The quantitative estimate of drug-likeness (QED) is 0.616. The van der Waals surface area contributed by atoms with Gasteiger partial charge in [-0.3, -0.25) is 0 Å².